The first-order valence-corrected chi connectivity index (χ1v) is 7.86. The van der Waals surface area contributed by atoms with E-state index in [0.717, 1.165) is 12.3 Å². The topological polar surface area (TPSA) is 67.2 Å². The normalized spacial score (nSPS) is 24.8. The van der Waals surface area contributed by atoms with Crippen molar-refractivity contribution in [1.29, 1.82) is 0 Å². The summed E-state index contributed by atoms with van der Waals surface area (Å²) in [4.78, 5) is 11.1. The Morgan fingerprint density at radius 2 is 2.00 bits per heavy atom. The summed E-state index contributed by atoms with van der Waals surface area (Å²) in [6, 6.07) is 5.76. The van der Waals surface area contributed by atoms with Gasteiger partial charge in [-0.25, -0.2) is 0 Å². The van der Waals surface area contributed by atoms with Crippen molar-refractivity contribution in [3.8, 4) is 0 Å². The van der Waals surface area contributed by atoms with Crippen molar-refractivity contribution < 1.29 is 4.92 Å². The highest BCUT2D eigenvalue weighted by Gasteiger charge is 2.33. The van der Waals surface area contributed by atoms with Crippen molar-refractivity contribution in [3.63, 3.8) is 0 Å². The van der Waals surface area contributed by atoms with Crippen LogP contribution >= 0.6 is 0 Å². The lowest BCUT2D eigenvalue weighted by molar-refractivity contribution is -0.383. The minimum atomic E-state index is -0.294. The summed E-state index contributed by atoms with van der Waals surface area (Å²) < 4.78 is 0. The van der Waals surface area contributed by atoms with Gasteiger partial charge in [-0.05, 0) is 43.7 Å². The van der Waals surface area contributed by atoms with Gasteiger partial charge in [0.05, 0.1) is 4.92 Å². The van der Waals surface area contributed by atoms with Gasteiger partial charge in [0.2, 0.25) is 0 Å². The van der Waals surface area contributed by atoms with Crippen LogP contribution in [0.3, 0.4) is 0 Å². The highest BCUT2D eigenvalue weighted by atomic mass is 16.6. The van der Waals surface area contributed by atoms with Gasteiger partial charge in [0.25, 0.3) is 0 Å². The van der Waals surface area contributed by atoms with Gasteiger partial charge in [0, 0.05) is 12.6 Å². The van der Waals surface area contributed by atoms with Crippen LogP contribution in [0, 0.1) is 22.0 Å². The summed E-state index contributed by atoms with van der Waals surface area (Å²) in [5, 5.41) is 17.9. The molecular weight excluding hydrogens is 266 g/mol. The summed E-state index contributed by atoms with van der Waals surface area (Å²) in [6.45, 7) is 7.08. The second-order valence-corrected chi connectivity index (χ2v) is 5.84. The zero-order valence-electron chi connectivity index (χ0n) is 13.1. The van der Waals surface area contributed by atoms with E-state index in [1.54, 1.807) is 6.07 Å². The van der Waals surface area contributed by atoms with Gasteiger partial charge in [0.1, 0.15) is 11.4 Å². The number of nitro benzene ring substituents is 1. The number of benzene rings is 1. The molecule has 0 aliphatic heterocycles. The fourth-order valence-corrected chi connectivity index (χ4v) is 3.42. The molecule has 1 aromatic carbocycles. The Balaban J connectivity index is 2.24. The molecule has 0 heterocycles. The molecule has 5 heteroatoms. The zero-order valence-corrected chi connectivity index (χ0v) is 13.1. The van der Waals surface area contributed by atoms with E-state index < -0.39 is 0 Å². The summed E-state index contributed by atoms with van der Waals surface area (Å²) in [5.74, 6) is 1.27. The minimum absolute atomic E-state index is 0.159. The number of para-hydroxylation sites is 1. The van der Waals surface area contributed by atoms with Gasteiger partial charge >= 0.3 is 5.69 Å². The summed E-state index contributed by atoms with van der Waals surface area (Å²) in [5.41, 5.74) is 1.38. The van der Waals surface area contributed by atoms with Gasteiger partial charge in [0.15, 0.2) is 0 Å². The Morgan fingerprint density at radius 3 is 2.57 bits per heavy atom. The van der Waals surface area contributed by atoms with Crippen LogP contribution in [-0.2, 0) is 0 Å². The number of anilines is 2. The fraction of sp³-hybridized carbons (Fsp3) is 0.625. The van der Waals surface area contributed by atoms with Crippen LogP contribution in [-0.4, -0.2) is 17.5 Å². The molecule has 0 amide bonds. The molecule has 1 aromatic rings. The Morgan fingerprint density at radius 1 is 1.29 bits per heavy atom. The average molecular weight is 291 g/mol. The monoisotopic (exact) mass is 291 g/mol. The molecule has 0 spiro atoms. The quantitative estimate of drug-likeness (QED) is 0.607. The van der Waals surface area contributed by atoms with Gasteiger partial charge in [-0.2, -0.15) is 0 Å². The molecule has 0 bridgehead atoms. The van der Waals surface area contributed by atoms with Crippen LogP contribution in [0.2, 0.25) is 0 Å². The molecule has 1 saturated carbocycles. The fourth-order valence-electron chi connectivity index (χ4n) is 3.42. The minimum Gasteiger partial charge on any atom is -0.380 e. The molecule has 0 aromatic heterocycles. The maximum atomic E-state index is 11.4. The van der Waals surface area contributed by atoms with E-state index in [9.17, 15) is 10.1 Å². The van der Waals surface area contributed by atoms with Crippen LogP contribution < -0.4 is 10.6 Å². The van der Waals surface area contributed by atoms with E-state index >= 15 is 0 Å². The first-order chi connectivity index (χ1) is 10.1. The molecule has 3 unspecified atom stereocenters. The third-order valence-corrected chi connectivity index (χ3v) is 4.68. The van der Waals surface area contributed by atoms with E-state index in [1.807, 2.05) is 19.1 Å². The van der Waals surface area contributed by atoms with E-state index in [-0.39, 0.29) is 10.6 Å². The third-order valence-electron chi connectivity index (χ3n) is 4.68. The molecule has 2 rings (SSSR count). The number of nitro groups is 1. The van der Waals surface area contributed by atoms with Crippen LogP contribution in [0.15, 0.2) is 18.2 Å². The van der Waals surface area contributed by atoms with Gasteiger partial charge in [-0.3, -0.25) is 10.1 Å². The van der Waals surface area contributed by atoms with Crippen molar-refractivity contribution in [2.24, 2.45) is 11.8 Å². The number of nitrogens with one attached hydrogen (secondary N) is 2. The predicted molar refractivity (Wildman–Crippen MR) is 86.8 cm³/mol. The predicted octanol–water partition coefficient (Wildman–Crippen LogP) is 4.26. The van der Waals surface area contributed by atoms with Crippen LogP contribution in [0.5, 0.6) is 0 Å². The van der Waals surface area contributed by atoms with Crippen LogP contribution in [0.25, 0.3) is 0 Å². The molecule has 1 fully saturated rings. The lowest BCUT2D eigenvalue weighted by atomic mass is 9.93. The molecule has 3 atom stereocenters. The first kappa shape index (κ1) is 15.6. The first-order valence-electron chi connectivity index (χ1n) is 7.86. The molecular formula is C16H25N3O2. The molecule has 1 aliphatic rings. The number of rotatable bonds is 6. The van der Waals surface area contributed by atoms with Crippen molar-refractivity contribution in [3.05, 3.63) is 28.3 Å². The number of nitrogens with zero attached hydrogens (tertiary/aromatic N) is 1. The molecule has 21 heavy (non-hydrogen) atoms. The molecule has 1 aliphatic carbocycles. The second-order valence-electron chi connectivity index (χ2n) is 5.84. The van der Waals surface area contributed by atoms with E-state index in [0.29, 0.717) is 29.9 Å². The standard InChI is InChI=1S/C16H25N3O2/c1-4-12-9-10-13(11(12)3)18-15-8-6-7-14(17-5-2)16(15)19(20)21/h6-8,11-13,17-18H,4-5,9-10H2,1-3H3. The van der Waals surface area contributed by atoms with Gasteiger partial charge < -0.3 is 10.6 Å². The third kappa shape index (κ3) is 3.28. The second kappa shape index (κ2) is 6.78. The summed E-state index contributed by atoms with van der Waals surface area (Å²) in [6.07, 6.45) is 3.47. The number of hydrogen-bond donors (Lipinski definition) is 2. The largest absolute Gasteiger partial charge is 0.380 e. The Labute approximate surface area is 126 Å². The SMILES string of the molecule is CCNc1cccc(NC2CCC(CC)C2C)c1[N+](=O)[O-]. The molecule has 2 N–H and O–H groups in total. The van der Waals surface area contributed by atoms with Crippen LogP contribution in [0.1, 0.15) is 40.0 Å². The maximum absolute atomic E-state index is 11.4. The highest BCUT2D eigenvalue weighted by molar-refractivity contribution is 5.76. The lowest BCUT2D eigenvalue weighted by Crippen LogP contribution is -2.25. The highest BCUT2D eigenvalue weighted by Crippen LogP contribution is 2.39. The summed E-state index contributed by atoms with van der Waals surface area (Å²) in [7, 11) is 0. The van der Waals surface area contributed by atoms with Gasteiger partial charge in [-0.15, -0.1) is 0 Å². The smallest absolute Gasteiger partial charge is 0.315 e. The van der Waals surface area contributed by atoms with Gasteiger partial charge in [-0.1, -0.05) is 26.3 Å². The van der Waals surface area contributed by atoms with Crippen molar-refractivity contribution >= 4 is 17.1 Å². The molecule has 5 nitrogen and oxygen atoms in total. The Hall–Kier alpha value is -1.78. The molecule has 0 radical (unpaired) electrons. The zero-order chi connectivity index (χ0) is 15.4. The van der Waals surface area contributed by atoms with Crippen molar-refractivity contribution in [2.45, 2.75) is 46.1 Å². The summed E-state index contributed by atoms with van der Waals surface area (Å²) >= 11 is 0. The molecule has 116 valence electrons. The van der Waals surface area contributed by atoms with Crippen molar-refractivity contribution in [1.82, 2.24) is 0 Å². The van der Waals surface area contributed by atoms with E-state index in [2.05, 4.69) is 24.5 Å². The Kier molecular flexibility index (Phi) is 5.04. The lowest BCUT2D eigenvalue weighted by Gasteiger charge is -2.22. The van der Waals surface area contributed by atoms with E-state index in [1.165, 1.54) is 12.8 Å². The molecule has 0 saturated heterocycles. The van der Waals surface area contributed by atoms with E-state index in [4.69, 9.17) is 0 Å². The average Bonchev–Trinajstić information content (AvgIpc) is 2.80. The van der Waals surface area contributed by atoms with Crippen molar-refractivity contribution in [2.75, 3.05) is 17.2 Å². The van der Waals surface area contributed by atoms with Crippen LogP contribution in [0.4, 0.5) is 17.1 Å². The Bertz CT molecular complexity index is 504. The maximum Gasteiger partial charge on any atom is 0.315 e. The number of hydrogen-bond acceptors (Lipinski definition) is 4.